The van der Waals surface area contributed by atoms with Crippen molar-refractivity contribution in [2.45, 2.75) is 6.67 Å². The van der Waals surface area contributed by atoms with Crippen molar-refractivity contribution >= 4 is 53.0 Å². The topological polar surface area (TPSA) is 78.1 Å². The molecule has 11 heteroatoms. The van der Waals surface area contributed by atoms with E-state index in [9.17, 15) is 9.59 Å². The number of aromatic nitrogens is 3. The van der Waals surface area contributed by atoms with Crippen LogP contribution in [0.25, 0.3) is 5.65 Å². The number of hydrogen-bond acceptors (Lipinski definition) is 7. The summed E-state index contributed by atoms with van der Waals surface area (Å²) in [6.07, 6.45) is 1.58. The van der Waals surface area contributed by atoms with E-state index in [0.717, 1.165) is 0 Å². The molecule has 2 rings (SSSR count). The fourth-order valence-corrected chi connectivity index (χ4v) is 2.72. The average Bonchev–Trinajstić information content (AvgIpc) is 2.84. The van der Waals surface area contributed by atoms with Crippen molar-refractivity contribution < 1.29 is 19.1 Å². The second-order valence-electron chi connectivity index (χ2n) is 4.76. The number of hydrogen-bond donors (Lipinski definition) is 0. The summed E-state index contributed by atoms with van der Waals surface area (Å²) in [5.74, 6) is -1.01. The van der Waals surface area contributed by atoms with Crippen molar-refractivity contribution in [1.82, 2.24) is 19.1 Å². The maximum Gasteiger partial charge on any atom is 0.319 e. The molecular weight excluding hydrogens is 379 g/mol. The van der Waals surface area contributed by atoms with E-state index < -0.39 is 11.9 Å². The van der Waals surface area contributed by atoms with Gasteiger partial charge in [-0.25, -0.2) is 4.68 Å². The minimum atomic E-state index is -0.504. The zero-order chi connectivity index (χ0) is 17.9. The predicted molar refractivity (Wildman–Crippen MR) is 89.6 cm³/mol. The monoisotopic (exact) mass is 392 g/mol. The third kappa shape index (κ3) is 4.23. The van der Waals surface area contributed by atoms with Gasteiger partial charge in [-0.1, -0.05) is 23.2 Å². The fourth-order valence-electron chi connectivity index (χ4n) is 1.98. The van der Waals surface area contributed by atoms with Crippen LogP contribution in [0.15, 0.2) is 12.3 Å². The SMILES string of the molecule is COC(=O)CN(CC(=O)OC)Cn1nc2c(Cl)cc(Cl)cn2c1=S. The van der Waals surface area contributed by atoms with Gasteiger partial charge in [0.1, 0.15) is 0 Å². The number of carbonyl (C=O) groups is 2. The van der Waals surface area contributed by atoms with Gasteiger partial charge in [0.15, 0.2) is 5.65 Å². The fraction of sp³-hybridized carbons (Fsp3) is 0.385. The lowest BCUT2D eigenvalue weighted by molar-refractivity contribution is -0.146. The molecule has 0 aliphatic rings. The molecule has 0 bridgehead atoms. The highest BCUT2D eigenvalue weighted by molar-refractivity contribution is 7.71. The molecule has 0 unspecified atom stereocenters. The number of halogens is 2. The van der Waals surface area contributed by atoms with E-state index in [2.05, 4.69) is 14.6 Å². The molecule has 0 aliphatic carbocycles. The Kier molecular flexibility index (Phi) is 6.16. The van der Waals surface area contributed by atoms with Crippen molar-refractivity contribution in [3.8, 4) is 0 Å². The Balaban J connectivity index is 2.34. The van der Waals surface area contributed by atoms with Crippen molar-refractivity contribution in [1.29, 1.82) is 0 Å². The third-order valence-corrected chi connectivity index (χ3v) is 3.99. The molecule has 0 amide bonds. The molecule has 2 aromatic rings. The summed E-state index contributed by atoms with van der Waals surface area (Å²) < 4.78 is 12.5. The maximum absolute atomic E-state index is 11.5. The number of pyridine rings is 1. The van der Waals surface area contributed by atoms with Crippen LogP contribution in [0.1, 0.15) is 0 Å². The Morgan fingerprint density at radius 1 is 1.25 bits per heavy atom. The van der Waals surface area contributed by atoms with Crippen molar-refractivity contribution in [2.75, 3.05) is 27.3 Å². The van der Waals surface area contributed by atoms with E-state index >= 15 is 0 Å². The molecule has 0 spiro atoms. The number of ether oxygens (including phenoxy) is 2. The van der Waals surface area contributed by atoms with E-state index in [0.29, 0.717) is 20.5 Å². The van der Waals surface area contributed by atoms with Crippen molar-refractivity contribution in [2.24, 2.45) is 0 Å². The number of carbonyl (C=O) groups excluding carboxylic acids is 2. The molecule has 24 heavy (non-hydrogen) atoms. The first-order chi connectivity index (χ1) is 11.3. The molecule has 0 saturated heterocycles. The second kappa shape index (κ2) is 7.93. The lowest BCUT2D eigenvalue weighted by atomic mass is 10.5. The van der Waals surface area contributed by atoms with Gasteiger partial charge in [0.2, 0.25) is 4.77 Å². The molecule has 8 nitrogen and oxygen atoms in total. The molecule has 2 heterocycles. The molecule has 0 aliphatic heterocycles. The number of nitrogens with zero attached hydrogens (tertiary/aromatic N) is 4. The van der Waals surface area contributed by atoms with Gasteiger partial charge in [-0.2, -0.15) is 0 Å². The molecule has 0 aromatic carbocycles. The zero-order valence-corrected chi connectivity index (χ0v) is 15.2. The molecule has 0 radical (unpaired) electrons. The van der Waals surface area contributed by atoms with Crippen molar-refractivity contribution in [3.63, 3.8) is 0 Å². The largest absolute Gasteiger partial charge is 0.468 e. The summed E-state index contributed by atoms with van der Waals surface area (Å²) >= 11 is 17.4. The second-order valence-corrected chi connectivity index (χ2v) is 5.97. The Morgan fingerprint density at radius 2 is 1.83 bits per heavy atom. The van der Waals surface area contributed by atoms with Crippen LogP contribution in [0.5, 0.6) is 0 Å². The summed E-state index contributed by atoms with van der Waals surface area (Å²) in [4.78, 5) is 24.5. The quantitative estimate of drug-likeness (QED) is 0.547. The first kappa shape index (κ1) is 18.7. The van der Waals surface area contributed by atoms with E-state index in [1.807, 2.05) is 0 Å². The number of esters is 2. The summed E-state index contributed by atoms with van der Waals surface area (Å²) in [6.45, 7) is -0.190. The molecule has 2 aromatic heterocycles. The van der Waals surface area contributed by atoms with Gasteiger partial charge < -0.3 is 9.47 Å². The Morgan fingerprint density at radius 3 is 2.38 bits per heavy atom. The van der Waals surface area contributed by atoms with Gasteiger partial charge in [-0.3, -0.25) is 18.9 Å². The smallest absolute Gasteiger partial charge is 0.319 e. The van der Waals surface area contributed by atoms with Crippen LogP contribution in [-0.4, -0.2) is 58.3 Å². The summed E-state index contributed by atoms with van der Waals surface area (Å²) in [5, 5.41) is 5.04. The molecule has 130 valence electrons. The van der Waals surface area contributed by atoms with Crippen LogP contribution >= 0.6 is 35.4 Å². The number of methoxy groups -OCH3 is 2. The molecule has 0 N–H and O–H groups in total. The lowest BCUT2D eigenvalue weighted by Crippen LogP contribution is -2.37. The zero-order valence-electron chi connectivity index (χ0n) is 12.9. The van der Waals surface area contributed by atoms with Crippen LogP contribution < -0.4 is 0 Å². The van der Waals surface area contributed by atoms with Crippen LogP contribution in [0.4, 0.5) is 0 Å². The van der Waals surface area contributed by atoms with Gasteiger partial charge in [0, 0.05) is 6.20 Å². The molecular formula is C13H14Cl2N4O4S. The number of rotatable bonds is 6. The first-order valence-corrected chi connectivity index (χ1v) is 7.82. The van der Waals surface area contributed by atoms with Gasteiger partial charge in [-0.05, 0) is 18.3 Å². The molecule has 0 atom stereocenters. The third-order valence-electron chi connectivity index (χ3n) is 3.10. The predicted octanol–water partition coefficient (Wildman–Crippen LogP) is 1.78. The van der Waals surface area contributed by atoms with E-state index in [-0.39, 0.29) is 19.8 Å². The Labute approximate surface area is 152 Å². The lowest BCUT2D eigenvalue weighted by Gasteiger charge is -2.19. The van der Waals surface area contributed by atoms with Crippen LogP contribution in [0, 0.1) is 4.77 Å². The standard InChI is InChI=1S/C13H14Cl2N4O4S/c1-22-10(20)5-17(6-11(21)23-2)7-19-13(24)18-4-8(14)3-9(15)12(18)16-19/h3-4H,5-7H2,1-2H3. The normalized spacial score (nSPS) is 11.0. The summed E-state index contributed by atoms with van der Waals surface area (Å²) in [7, 11) is 2.52. The van der Waals surface area contributed by atoms with Gasteiger partial charge in [-0.15, -0.1) is 5.10 Å². The summed E-state index contributed by atoms with van der Waals surface area (Å²) in [5.41, 5.74) is 0.419. The van der Waals surface area contributed by atoms with E-state index in [4.69, 9.17) is 35.4 Å². The van der Waals surface area contributed by atoms with Gasteiger partial charge >= 0.3 is 11.9 Å². The highest BCUT2D eigenvalue weighted by atomic mass is 35.5. The van der Waals surface area contributed by atoms with Gasteiger partial charge in [0.05, 0.1) is 44.0 Å². The average molecular weight is 393 g/mol. The van der Waals surface area contributed by atoms with Crippen molar-refractivity contribution in [3.05, 3.63) is 27.1 Å². The van der Waals surface area contributed by atoms with E-state index in [1.54, 1.807) is 16.7 Å². The van der Waals surface area contributed by atoms with E-state index in [1.165, 1.54) is 23.8 Å². The minimum absolute atomic E-state index is 0.0681. The highest BCUT2D eigenvalue weighted by Gasteiger charge is 2.18. The summed E-state index contributed by atoms with van der Waals surface area (Å²) in [6, 6.07) is 1.55. The van der Waals surface area contributed by atoms with Crippen LogP contribution in [0.3, 0.4) is 0 Å². The van der Waals surface area contributed by atoms with Gasteiger partial charge in [0.25, 0.3) is 0 Å². The Hall–Kier alpha value is -1.68. The molecule has 0 fully saturated rings. The van der Waals surface area contributed by atoms with Crippen LogP contribution in [-0.2, 0) is 25.7 Å². The maximum atomic E-state index is 11.5. The highest BCUT2D eigenvalue weighted by Crippen LogP contribution is 2.21. The first-order valence-electron chi connectivity index (χ1n) is 6.66. The minimum Gasteiger partial charge on any atom is -0.468 e. The Bertz CT molecular complexity index is 817. The number of fused-ring (bicyclic) bond motifs is 1. The molecule has 0 saturated carbocycles. The van der Waals surface area contributed by atoms with Crippen LogP contribution in [0.2, 0.25) is 10.0 Å².